The van der Waals surface area contributed by atoms with E-state index >= 15 is 0 Å². The van der Waals surface area contributed by atoms with Gasteiger partial charge in [0.2, 0.25) is 0 Å². The lowest BCUT2D eigenvalue weighted by Gasteiger charge is -2.00. The third-order valence-corrected chi connectivity index (χ3v) is 1.97. The van der Waals surface area contributed by atoms with E-state index in [-0.39, 0.29) is 0 Å². The number of phenols is 1. The molecule has 88 valence electrons. The van der Waals surface area contributed by atoms with Gasteiger partial charge in [-0.1, -0.05) is 42.5 Å². The fourth-order valence-corrected chi connectivity index (χ4v) is 1.28. The van der Waals surface area contributed by atoms with Crippen LogP contribution in [0.15, 0.2) is 54.6 Å². The summed E-state index contributed by atoms with van der Waals surface area (Å²) in [5.41, 5.74) is 2.29. The minimum atomic E-state index is -0.833. The van der Waals surface area contributed by atoms with Crippen molar-refractivity contribution in [3.8, 4) is 16.9 Å². The summed E-state index contributed by atoms with van der Waals surface area (Å²) in [5.74, 6) is -0.528. The van der Waals surface area contributed by atoms with Gasteiger partial charge in [-0.25, -0.2) is 0 Å². The van der Waals surface area contributed by atoms with Crippen LogP contribution in [0.3, 0.4) is 0 Å². The van der Waals surface area contributed by atoms with E-state index in [1.54, 1.807) is 12.1 Å². The van der Waals surface area contributed by atoms with Crippen molar-refractivity contribution < 1.29 is 15.0 Å². The first kappa shape index (κ1) is 12.8. The van der Waals surface area contributed by atoms with Gasteiger partial charge in [-0.05, 0) is 23.3 Å². The highest BCUT2D eigenvalue weighted by molar-refractivity contribution is 5.63. The number of rotatable bonds is 1. The molecule has 0 aliphatic rings. The molecular weight excluding hydrogens is 216 g/mol. The quantitative estimate of drug-likeness (QED) is 0.791. The van der Waals surface area contributed by atoms with Crippen LogP contribution in [0.1, 0.15) is 6.92 Å². The van der Waals surface area contributed by atoms with Gasteiger partial charge in [0.15, 0.2) is 0 Å². The molecule has 2 N–H and O–H groups in total. The zero-order valence-electron chi connectivity index (χ0n) is 9.50. The van der Waals surface area contributed by atoms with Crippen LogP contribution in [0.25, 0.3) is 11.1 Å². The average molecular weight is 230 g/mol. The van der Waals surface area contributed by atoms with Gasteiger partial charge in [0.1, 0.15) is 5.75 Å². The van der Waals surface area contributed by atoms with E-state index in [1.165, 1.54) is 5.56 Å². The zero-order chi connectivity index (χ0) is 12.7. The molecule has 0 spiro atoms. The molecule has 2 rings (SSSR count). The molecule has 2 aromatic rings. The smallest absolute Gasteiger partial charge is 0.300 e. The molecular formula is C14H14O3. The van der Waals surface area contributed by atoms with Gasteiger partial charge in [-0.2, -0.15) is 0 Å². The number of phenolic OH excluding ortho intramolecular Hbond substituents is 1. The number of aromatic hydroxyl groups is 1. The van der Waals surface area contributed by atoms with Crippen LogP contribution >= 0.6 is 0 Å². The Kier molecular flexibility index (Phi) is 4.76. The lowest BCUT2D eigenvalue weighted by molar-refractivity contribution is -0.134. The summed E-state index contributed by atoms with van der Waals surface area (Å²) in [4.78, 5) is 9.00. The van der Waals surface area contributed by atoms with E-state index in [0.717, 1.165) is 12.5 Å². The molecule has 0 saturated heterocycles. The van der Waals surface area contributed by atoms with Crippen LogP contribution in [0.2, 0.25) is 0 Å². The SMILES string of the molecule is CC(=O)O.Oc1ccc(-c2ccccc2)cc1. The Morgan fingerprint density at radius 3 is 1.76 bits per heavy atom. The minimum absolute atomic E-state index is 0.305. The molecule has 2 aromatic carbocycles. The Morgan fingerprint density at radius 1 is 0.882 bits per heavy atom. The molecule has 0 fully saturated rings. The molecule has 0 aliphatic carbocycles. The van der Waals surface area contributed by atoms with Crippen molar-refractivity contribution in [2.24, 2.45) is 0 Å². The number of hydrogen-bond donors (Lipinski definition) is 2. The summed E-state index contributed by atoms with van der Waals surface area (Å²) >= 11 is 0. The van der Waals surface area contributed by atoms with Crippen LogP contribution in [-0.4, -0.2) is 16.2 Å². The van der Waals surface area contributed by atoms with Crippen molar-refractivity contribution in [2.75, 3.05) is 0 Å². The molecule has 0 radical (unpaired) electrons. The highest BCUT2D eigenvalue weighted by Gasteiger charge is 1.94. The van der Waals surface area contributed by atoms with Gasteiger partial charge >= 0.3 is 0 Å². The zero-order valence-corrected chi connectivity index (χ0v) is 9.50. The maximum absolute atomic E-state index is 9.10. The van der Waals surface area contributed by atoms with Crippen LogP contribution in [0.5, 0.6) is 5.75 Å². The molecule has 0 aliphatic heterocycles. The van der Waals surface area contributed by atoms with Crippen molar-refractivity contribution in [1.82, 2.24) is 0 Å². The van der Waals surface area contributed by atoms with Crippen molar-refractivity contribution in [3.63, 3.8) is 0 Å². The molecule has 17 heavy (non-hydrogen) atoms. The normalized spacial score (nSPS) is 9.00. The van der Waals surface area contributed by atoms with Gasteiger partial charge in [-0.15, -0.1) is 0 Å². The number of carboxylic acids is 1. The summed E-state index contributed by atoms with van der Waals surface area (Å²) in [6.07, 6.45) is 0. The van der Waals surface area contributed by atoms with E-state index in [0.29, 0.717) is 5.75 Å². The second-order valence-electron chi connectivity index (χ2n) is 3.43. The van der Waals surface area contributed by atoms with Gasteiger partial charge in [-0.3, -0.25) is 4.79 Å². The standard InChI is InChI=1S/C12H10O.C2H4O2/c13-12-8-6-11(7-9-12)10-4-2-1-3-5-10;1-2(3)4/h1-9,13H;1H3,(H,3,4). The second kappa shape index (κ2) is 6.33. The van der Waals surface area contributed by atoms with Crippen LogP contribution < -0.4 is 0 Å². The molecule has 0 amide bonds. The molecule has 0 bridgehead atoms. The lowest BCUT2D eigenvalue weighted by atomic mass is 10.1. The van der Waals surface area contributed by atoms with Gasteiger partial charge in [0, 0.05) is 6.92 Å². The van der Waals surface area contributed by atoms with Crippen molar-refractivity contribution in [2.45, 2.75) is 6.92 Å². The summed E-state index contributed by atoms with van der Waals surface area (Å²) in [7, 11) is 0. The van der Waals surface area contributed by atoms with Gasteiger partial charge in [0.05, 0.1) is 0 Å². The Labute approximate surface area is 100.0 Å². The monoisotopic (exact) mass is 230 g/mol. The Balaban J connectivity index is 0.000000317. The maximum Gasteiger partial charge on any atom is 0.300 e. The minimum Gasteiger partial charge on any atom is -0.508 e. The fraction of sp³-hybridized carbons (Fsp3) is 0.0714. The molecule has 3 heteroatoms. The van der Waals surface area contributed by atoms with E-state index in [9.17, 15) is 0 Å². The number of carbonyl (C=O) groups is 1. The summed E-state index contributed by atoms with van der Waals surface area (Å²) in [6, 6.07) is 17.3. The lowest BCUT2D eigenvalue weighted by Crippen LogP contribution is -1.78. The number of benzene rings is 2. The van der Waals surface area contributed by atoms with Crippen LogP contribution in [0.4, 0.5) is 0 Å². The topological polar surface area (TPSA) is 57.5 Å². The van der Waals surface area contributed by atoms with Gasteiger partial charge in [0.25, 0.3) is 5.97 Å². The van der Waals surface area contributed by atoms with E-state index in [4.69, 9.17) is 15.0 Å². The fourth-order valence-electron chi connectivity index (χ4n) is 1.28. The summed E-state index contributed by atoms with van der Waals surface area (Å²) in [5, 5.41) is 16.5. The third-order valence-electron chi connectivity index (χ3n) is 1.97. The molecule has 0 aromatic heterocycles. The highest BCUT2D eigenvalue weighted by atomic mass is 16.4. The molecule has 0 unspecified atom stereocenters. The highest BCUT2D eigenvalue weighted by Crippen LogP contribution is 2.20. The number of aliphatic carboxylic acids is 1. The van der Waals surface area contributed by atoms with Crippen molar-refractivity contribution in [1.29, 1.82) is 0 Å². The largest absolute Gasteiger partial charge is 0.508 e. The van der Waals surface area contributed by atoms with Gasteiger partial charge < -0.3 is 10.2 Å². The Hall–Kier alpha value is -2.29. The van der Waals surface area contributed by atoms with E-state index in [2.05, 4.69) is 0 Å². The number of carboxylic acid groups (broad SMARTS) is 1. The van der Waals surface area contributed by atoms with Crippen LogP contribution in [-0.2, 0) is 4.79 Å². The first-order chi connectivity index (χ1) is 8.09. The third kappa shape index (κ3) is 4.84. The summed E-state index contributed by atoms with van der Waals surface area (Å²) in [6.45, 7) is 1.08. The van der Waals surface area contributed by atoms with Crippen molar-refractivity contribution >= 4 is 5.97 Å². The van der Waals surface area contributed by atoms with E-state index in [1.807, 2.05) is 42.5 Å². The number of hydrogen-bond acceptors (Lipinski definition) is 2. The first-order valence-corrected chi connectivity index (χ1v) is 5.13. The maximum atomic E-state index is 9.10. The predicted octanol–water partition coefficient (Wildman–Crippen LogP) is 3.15. The van der Waals surface area contributed by atoms with E-state index < -0.39 is 5.97 Å². The molecule has 3 nitrogen and oxygen atoms in total. The van der Waals surface area contributed by atoms with Crippen LogP contribution in [0, 0.1) is 0 Å². The average Bonchev–Trinajstić information content (AvgIpc) is 2.30. The summed E-state index contributed by atoms with van der Waals surface area (Å²) < 4.78 is 0. The molecule has 0 heterocycles. The second-order valence-corrected chi connectivity index (χ2v) is 3.43. The Morgan fingerprint density at radius 2 is 1.29 bits per heavy atom. The van der Waals surface area contributed by atoms with Crippen molar-refractivity contribution in [3.05, 3.63) is 54.6 Å². The first-order valence-electron chi connectivity index (χ1n) is 5.13. The Bertz CT molecular complexity index is 457. The predicted molar refractivity (Wildman–Crippen MR) is 66.9 cm³/mol. The molecule has 0 saturated carbocycles. The molecule has 0 atom stereocenters.